The summed E-state index contributed by atoms with van der Waals surface area (Å²) in [5.41, 5.74) is 0.615. The molecule has 0 saturated carbocycles. The Kier molecular flexibility index (Phi) is 5.84. The number of fused-ring (bicyclic) bond motifs is 1. The molecule has 2 amide bonds. The molecule has 29 heavy (non-hydrogen) atoms. The van der Waals surface area contributed by atoms with E-state index >= 15 is 0 Å². The van der Waals surface area contributed by atoms with Crippen molar-refractivity contribution >= 4 is 17.8 Å². The Bertz CT molecular complexity index is 787. The summed E-state index contributed by atoms with van der Waals surface area (Å²) < 4.78 is 0.836. The second-order valence-corrected chi connectivity index (χ2v) is 9.05. The zero-order chi connectivity index (χ0) is 21.3. The molecule has 158 valence electrons. The maximum absolute atomic E-state index is 13.2. The molecule has 3 rings (SSSR count). The van der Waals surface area contributed by atoms with E-state index in [2.05, 4.69) is 26.5 Å². The number of aliphatic carboxylic acids is 1. The molecule has 2 aliphatic heterocycles. The number of aromatic hydroxyl groups is 1. The molecular weight excluding hydrogens is 374 g/mol. The average Bonchev–Trinajstić information content (AvgIpc) is 3.04. The molecule has 4 atom stereocenters. The molecule has 0 aromatic heterocycles. The van der Waals surface area contributed by atoms with Gasteiger partial charge < -0.3 is 24.9 Å². The number of benzene rings is 1. The lowest BCUT2D eigenvalue weighted by Crippen LogP contribution is -2.61. The number of hydrogen-bond donors (Lipinski definition) is 3. The minimum absolute atomic E-state index is 0.0630. The van der Waals surface area contributed by atoms with Crippen molar-refractivity contribution in [3.8, 4) is 5.75 Å². The van der Waals surface area contributed by atoms with Crippen molar-refractivity contribution in [1.29, 1.82) is 0 Å². The number of nitrogens with one attached hydrogen (secondary N) is 1. The van der Waals surface area contributed by atoms with Crippen LogP contribution in [-0.2, 0) is 14.4 Å². The predicted molar refractivity (Wildman–Crippen MR) is 106 cm³/mol. The highest BCUT2D eigenvalue weighted by atomic mass is 16.4. The van der Waals surface area contributed by atoms with Gasteiger partial charge in [0.2, 0.25) is 11.8 Å². The fraction of sp³-hybridized carbons (Fsp3) is 0.571. The lowest BCUT2D eigenvalue weighted by Gasteiger charge is -2.38. The fourth-order valence-electron chi connectivity index (χ4n) is 4.33. The second-order valence-electron chi connectivity index (χ2n) is 9.05. The van der Waals surface area contributed by atoms with Crippen molar-refractivity contribution in [2.45, 2.75) is 43.8 Å². The van der Waals surface area contributed by atoms with Crippen molar-refractivity contribution in [2.75, 3.05) is 27.7 Å². The summed E-state index contributed by atoms with van der Waals surface area (Å²) in [7, 11) is 6.32. The van der Waals surface area contributed by atoms with Gasteiger partial charge in [0.1, 0.15) is 17.8 Å². The summed E-state index contributed by atoms with van der Waals surface area (Å²) >= 11 is 0. The molecule has 0 bridgehead atoms. The summed E-state index contributed by atoms with van der Waals surface area (Å²) in [6.07, 6.45) is 2.36. The van der Waals surface area contributed by atoms with Gasteiger partial charge in [-0.15, -0.1) is 0 Å². The van der Waals surface area contributed by atoms with Gasteiger partial charge in [-0.1, -0.05) is 12.1 Å². The third-order valence-corrected chi connectivity index (χ3v) is 5.79. The molecule has 2 heterocycles. The zero-order valence-corrected chi connectivity index (χ0v) is 17.2. The number of hydrogen-bond acceptors (Lipinski definition) is 4. The Morgan fingerprint density at radius 1 is 1.17 bits per heavy atom. The van der Waals surface area contributed by atoms with Crippen LogP contribution >= 0.6 is 0 Å². The Labute approximate surface area is 170 Å². The number of carbonyl (C=O) groups is 3. The van der Waals surface area contributed by atoms with E-state index in [1.165, 1.54) is 17.0 Å². The number of quaternary nitrogens is 1. The summed E-state index contributed by atoms with van der Waals surface area (Å²) in [4.78, 5) is 39.3. The first-order chi connectivity index (χ1) is 13.6. The van der Waals surface area contributed by atoms with Crippen molar-refractivity contribution < 1.29 is 29.1 Å². The van der Waals surface area contributed by atoms with Crippen LogP contribution in [0.1, 0.15) is 37.3 Å². The first kappa shape index (κ1) is 21.1. The van der Waals surface area contributed by atoms with Gasteiger partial charge in [-0.3, -0.25) is 14.4 Å². The van der Waals surface area contributed by atoms with Crippen LogP contribution in [-0.4, -0.2) is 77.2 Å². The normalized spacial score (nSPS) is 26.9. The van der Waals surface area contributed by atoms with Crippen molar-refractivity contribution in [3.63, 3.8) is 0 Å². The Hall–Kier alpha value is -2.61. The molecule has 8 heteroatoms. The number of carbonyl (C=O) groups excluding carboxylic acids is 2. The molecule has 0 aliphatic carbocycles. The highest BCUT2D eigenvalue weighted by Gasteiger charge is 2.54. The molecule has 8 nitrogen and oxygen atoms in total. The van der Waals surface area contributed by atoms with E-state index in [-0.39, 0.29) is 24.0 Å². The molecule has 2 saturated heterocycles. The van der Waals surface area contributed by atoms with Gasteiger partial charge in [-0.2, -0.15) is 0 Å². The van der Waals surface area contributed by atoms with E-state index < -0.39 is 30.0 Å². The molecule has 0 unspecified atom stereocenters. The first-order valence-corrected chi connectivity index (χ1v) is 10.0. The van der Waals surface area contributed by atoms with Crippen molar-refractivity contribution in [2.24, 2.45) is 5.92 Å². The summed E-state index contributed by atoms with van der Waals surface area (Å²) in [5.74, 6) is -2.34. The highest BCUT2D eigenvalue weighted by molar-refractivity contribution is 5.98. The summed E-state index contributed by atoms with van der Waals surface area (Å²) in [5, 5.41) is 22.1. The van der Waals surface area contributed by atoms with Gasteiger partial charge in [-0.25, -0.2) is 0 Å². The van der Waals surface area contributed by atoms with Gasteiger partial charge in [-0.05, 0) is 43.4 Å². The first-order valence-electron chi connectivity index (χ1n) is 10.0. The molecule has 1 aromatic rings. The number of phenols is 1. The van der Waals surface area contributed by atoms with Gasteiger partial charge in [0, 0.05) is 0 Å². The lowest BCUT2D eigenvalue weighted by atomic mass is 9.93. The van der Waals surface area contributed by atoms with Gasteiger partial charge in [0.15, 0.2) is 0 Å². The van der Waals surface area contributed by atoms with Crippen LogP contribution in [0, 0.1) is 5.92 Å². The van der Waals surface area contributed by atoms with Crippen LogP contribution in [0.4, 0.5) is 0 Å². The predicted octanol–water partition coefficient (Wildman–Crippen LogP) is 1.11. The van der Waals surface area contributed by atoms with Crippen LogP contribution in [0.15, 0.2) is 24.3 Å². The fourth-order valence-corrected chi connectivity index (χ4v) is 4.33. The maximum atomic E-state index is 13.2. The molecule has 2 aliphatic rings. The van der Waals surface area contributed by atoms with Crippen LogP contribution < -0.4 is 5.32 Å². The quantitative estimate of drug-likeness (QED) is 0.466. The van der Waals surface area contributed by atoms with Gasteiger partial charge in [0.05, 0.1) is 39.6 Å². The molecule has 1 aromatic carbocycles. The number of nitrogens with zero attached hydrogens (tertiary/aromatic N) is 2. The topological polar surface area (TPSA) is 107 Å². The third kappa shape index (κ3) is 4.53. The van der Waals surface area contributed by atoms with E-state index in [9.17, 15) is 24.6 Å². The van der Waals surface area contributed by atoms with Crippen LogP contribution in [0.3, 0.4) is 0 Å². The standard InChI is InChI=1S/C21H29N3O5/c1-24(2,3)11-5-4-6-16-20(27)23-17(19(26)22-16)12-15(21(28)29)18(23)13-7-9-14(25)10-8-13/h7-10,15-18H,4-6,11-12H2,1-3H3,(H2-,22,25,26,28,29)/p+1/t15-,16+,17-,18-/m1/s1. The smallest absolute Gasteiger partial charge is 0.309 e. The minimum Gasteiger partial charge on any atom is -0.508 e. The van der Waals surface area contributed by atoms with Crippen LogP contribution in [0.25, 0.3) is 0 Å². The number of rotatable bonds is 7. The van der Waals surface area contributed by atoms with Crippen molar-refractivity contribution in [1.82, 2.24) is 10.2 Å². The monoisotopic (exact) mass is 404 g/mol. The van der Waals surface area contributed by atoms with E-state index in [4.69, 9.17) is 0 Å². The largest absolute Gasteiger partial charge is 0.508 e. The summed E-state index contributed by atoms with van der Waals surface area (Å²) in [6, 6.07) is 4.06. The lowest BCUT2D eigenvalue weighted by molar-refractivity contribution is -0.870. The Balaban J connectivity index is 1.80. The molecular formula is C21H30N3O5+. The number of phenolic OH excluding ortho intramolecular Hbond substituents is 1. The number of carboxylic acids is 1. The summed E-state index contributed by atoms with van der Waals surface area (Å²) in [6.45, 7) is 0.971. The second kappa shape index (κ2) is 8.02. The van der Waals surface area contributed by atoms with Gasteiger partial charge >= 0.3 is 5.97 Å². The van der Waals surface area contributed by atoms with Crippen LogP contribution in [0.2, 0.25) is 0 Å². The average molecular weight is 404 g/mol. The van der Waals surface area contributed by atoms with E-state index in [1.54, 1.807) is 12.1 Å². The Morgan fingerprint density at radius 3 is 2.41 bits per heavy atom. The number of piperazine rings is 1. The molecule has 0 radical (unpaired) electrons. The number of carboxylic acid groups (broad SMARTS) is 1. The molecule has 3 N–H and O–H groups in total. The number of amides is 2. The third-order valence-electron chi connectivity index (χ3n) is 5.79. The molecule has 0 spiro atoms. The van der Waals surface area contributed by atoms with Gasteiger partial charge in [0.25, 0.3) is 0 Å². The SMILES string of the molecule is C[N+](C)(C)CCCC[C@@H]1NC(=O)[C@H]2C[C@@H](C(=O)O)[C@@H](c3ccc(O)cc3)N2C1=O. The van der Waals surface area contributed by atoms with Crippen molar-refractivity contribution in [3.05, 3.63) is 29.8 Å². The maximum Gasteiger partial charge on any atom is 0.309 e. The zero-order valence-electron chi connectivity index (χ0n) is 17.2. The van der Waals surface area contributed by atoms with E-state index in [0.29, 0.717) is 12.0 Å². The Morgan fingerprint density at radius 2 is 1.83 bits per heavy atom. The van der Waals surface area contributed by atoms with E-state index in [0.717, 1.165) is 23.9 Å². The highest BCUT2D eigenvalue weighted by Crippen LogP contribution is 2.43. The van der Waals surface area contributed by atoms with E-state index in [1.807, 2.05) is 0 Å². The number of unbranched alkanes of at least 4 members (excludes halogenated alkanes) is 1. The molecule has 2 fully saturated rings. The minimum atomic E-state index is -1.03. The van der Waals surface area contributed by atoms with Crippen LogP contribution in [0.5, 0.6) is 5.75 Å².